The molecule has 37 heavy (non-hydrogen) atoms. The first-order valence-corrected chi connectivity index (χ1v) is 19.9. The average molecular weight is 562 g/mol. The van der Waals surface area contributed by atoms with Crippen LogP contribution in [0, 0.1) is 0 Å². The standard InChI is InChI=1S/C28H59NO6Si2/c1-21(34-36(12,13)26(2,3)4)19-17-16-18-20-22(35-37(14,15)27(5,6)7)23-24(25(30)29(10)31-11)33-28(8,9)32-23/h21-24H,16-20H2,1-15H3/t21-,22-,23+,24-/m0/s1. The first-order chi connectivity index (χ1) is 16.5. The van der Waals surface area contributed by atoms with E-state index in [0.717, 1.165) is 32.1 Å². The molecule has 0 aromatic heterocycles. The Bertz CT molecular complexity index is 729. The SMILES string of the molecule is CON(C)C(=O)[C@H]1OC(C)(C)O[C@@H]1[C@H](CCCCC[C@H](C)O[Si](C)(C)C(C)(C)C)O[Si](C)(C)C(C)(C)C. The third kappa shape index (κ3) is 9.99. The van der Waals surface area contributed by atoms with Gasteiger partial charge in [-0.05, 0) is 69.9 Å². The van der Waals surface area contributed by atoms with E-state index < -0.39 is 34.6 Å². The molecule has 4 atom stereocenters. The molecule has 0 unspecified atom stereocenters. The van der Waals surface area contributed by atoms with Crippen LogP contribution in [0.3, 0.4) is 0 Å². The Morgan fingerprint density at radius 2 is 1.38 bits per heavy atom. The Labute approximate surface area is 230 Å². The van der Waals surface area contributed by atoms with Crippen molar-refractivity contribution < 1.29 is 28.0 Å². The molecule has 0 aliphatic carbocycles. The van der Waals surface area contributed by atoms with Crippen molar-refractivity contribution in [2.24, 2.45) is 0 Å². The molecule has 1 aliphatic heterocycles. The minimum Gasteiger partial charge on any atom is -0.414 e. The second-order valence-electron chi connectivity index (χ2n) is 14.3. The van der Waals surface area contributed by atoms with Gasteiger partial charge < -0.3 is 18.3 Å². The van der Waals surface area contributed by atoms with Crippen LogP contribution >= 0.6 is 0 Å². The Morgan fingerprint density at radius 3 is 1.86 bits per heavy atom. The number of nitrogens with zero attached hydrogens (tertiary/aromatic N) is 1. The predicted molar refractivity (Wildman–Crippen MR) is 157 cm³/mol. The maximum absolute atomic E-state index is 13.1. The summed E-state index contributed by atoms with van der Waals surface area (Å²) < 4.78 is 25.9. The highest BCUT2D eigenvalue weighted by Crippen LogP contribution is 2.41. The van der Waals surface area contributed by atoms with Gasteiger partial charge in [-0.1, -0.05) is 60.8 Å². The fourth-order valence-electron chi connectivity index (χ4n) is 4.06. The fraction of sp³-hybridized carbons (Fsp3) is 0.964. The number of carbonyl (C=O) groups is 1. The van der Waals surface area contributed by atoms with Gasteiger partial charge in [0.25, 0.3) is 5.91 Å². The highest BCUT2D eigenvalue weighted by atomic mass is 28.4. The topological polar surface area (TPSA) is 66.5 Å². The second-order valence-corrected chi connectivity index (χ2v) is 23.8. The quantitative estimate of drug-likeness (QED) is 0.134. The molecule has 0 radical (unpaired) electrons. The van der Waals surface area contributed by atoms with Gasteiger partial charge in [-0.25, -0.2) is 5.06 Å². The third-order valence-electron chi connectivity index (χ3n) is 8.48. The summed E-state index contributed by atoms with van der Waals surface area (Å²) in [5.74, 6) is -1.12. The first-order valence-electron chi connectivity index (χ1n) is 14.1. The monoisotopic (exact) mass is 561 g/mol. The van der Waals surface area contributed by atoms with E-state index in [0.29, 0.717) is 0 Å². The summed E-state index contributed by atoms with van der Waals surface area (Å²) in [6.45, 7) is 28.6. The van der Waals surface area contributed by atoms with E-state index >= 15 is 0 Å². The van der Waals surface area contributed by atoms with Crippen molar-refractivity contribution in [3.8, 4) is 0 Å². The summed E-state index contributed by atoms with van der Waals surface area (Å²) in [4.78, 5) is 18.3. The van der Waals surface area contributed by atoms with Crippen LogP contribution in [0.5, 0.6) is 0 Å². The second kappa shape index (κ2) is 12.9. The Kier molecular flexibility index (Phi) is 12.1. The summed E-state index contributed by atoms with van der Waals surface area (Å²) in [7, 11) is -0.792. The van der Waals surface area contributed by atoms with Gasteiger partial charge in [-0.2, -0.15) is 0 Å². The summed E-state index contributed by atoms with van der Waals surface area (Å²) in [5.41, 5.74) is 0. The van der Waals surface area contributed by atoms with Gasteiger partial charge in [0.05, 0.1) is 13.2 Å². The normalized spacial score (nSPS) is 22.7. The molecule has 220 valence electrons. The molecule has 0 bridgehead atoms. The number of hydrogen-bond acceptors (Lipinski definition) is 6. The number of amides is 1. The van der Waals surface area contributed by atoms with Gasteiger partial charge in [0.1, 0.15) is 6.10 Å². The highest BCUT2D eigenvalue weighted by molar-refractivity contribution is 6.74. The van der Waals surface area contributed by atoms with Crippen LogP contribution in [0.25, 0.3) is 0 Å². The van der Waals surface area contributed by atoms with Crippen molar-refractivity contribution in [3.63, 3.8) is 0 Å². The van der Waals surface area contributed by atoms with E-state index in [4.69, 9.17) is 23.2 Å². The fourth-order valence-corrected chi connectivity index (χ4v) is 6.90. The number of carbonyl (C=O) groups excluding carboxylic acids is 1. The number of hydroxylamine groups is 2. The number of likely N-dealkylation sites (N-methyl/N-ethyl adjacent to an activating group) is 1. The molecule has 1 aliphatic rings. The molecule has 0 spiro atoms. The van der Waals surface area contributed by atoms with Crippen LogP contribution in [0.15, 0.2) is 0 Å². The molecule has 0 N–H and O–H groups in total. The van der Waals surface area contributed by atoms with Crippen molar-refractivity contribution in [1.82, 2.24) is 5.06 Å². The summed E-state index contributed by atoms with van der Waals surface area (Å²) in [6.07, 6.45) is 3.81. The van der Waals surface area contributed by atoms with Gasteiger partial charge in [0.2, 0.25) is 0 Å². The maximum atomic E-state index is 13.1. The van der Waals surface area contributed by atoms with Crippen LogP contribution in [0.2, 0.25) is 36.3 Å². The lowest BCUT2D eigenvalue weighted by Gasteiger charge is -2.41. The Balaban J connectivity index is 2.92. The number of hydrogen-bond donors (Lipinski definition) is 0. The predicted octanol–water partition coefficient (Wildman–Crippen LogP) is 7.28. The number of rotatable bonds is 13. The van der Waals surface area contributed by atoms with Gasteiger partial charge in [-0.3, -0.25) is 9.63 Å². The zero-order valence-electron chi connectivity index (χ0n) is 26.7. The van der Waals surface area contributed by atoms with Crippen LogP contribution in [0.1, 0.15) is 94.4 Å². The van der Waals surface area contributed by atoms with Gasteiger partial charge in [-0.15, -0.1) is 0 Å². The van der Waals surface area contributed by atoms with Crippen molar-refractivity contribution in [1.29, 1.82) is 0 Å². The minimum atomic E-state index is -2.12. The molecule has 7 nitrogen and oxygen atoms in total. The molecular formula is C28H59NO6Si2. The van der Waals surface area contributed by atoms with Gasteiger partial charge >= 0.3 is 0 Å². The van der Waals surface area contributed by atoms with Crippen molar-refractivity contribution in [3.05, 3.63) is 0 Å². The average Bonchev–Trinajstić information content (AvgIpc) is 3.04. The molecule has 0 aromatic carbocycles. The van der Waals surface area contributed by atoms with Crippen LogP contribution in [-0.2, 0) is 28.0 Å². The zero-order valence-corrected chi connectivity index (χ0v) is 28.7. The Hall–Kier alpha value is -0.296. The summed E-state index contributed by atoms with van der Waals surface area (Å²) in [5, 5.41) is 1.48. The summed E-state index contributed by atoms with van der Waals surface area (Å²) in [6, 6.07) is 0. The lowest BCUT2D eigenvalue weighted by Crippen LogP contribution is -2.52. The Morgan fingerprint density at radius 1 is 0.892 bits per heavy atom. The maximum Gasteiger partial charge on any atom is 0.277 e. The molecule has 1 amide bonds. The van der Waals surface area contributed by atoms with E-state index in [-0.39, 0.29) is 28.2 Å². The van der Waals surface area contributed by atoms with E-state index in [1.807, 2.05) is 13.8 Å². The minimum absolute atomic E-state index is 0.0412. The lowest BCUT2D eigenvalue weighted by atomic mass is 10.0. The van der Waals surface area contributed by atoms with E-state index in [2.05, 4.69) is 74.7 Å². The highest BCUT2D eigenvalue weighted by Gasteiger charge is 2.52. The largest absolute Gasteiger partial charge is 0.414 e. The smallest absolute Gasteiger partial charge is 0.277 e. The van der Waals surface area contributed by atoms with E-state index in [9.17, 15) is 4.79 Å². The molecular weight excluding hydrogens is 502 g/mol. The number of unbranched alkanes of at least 4 members (excludes halogenated alkanes) is 2. The zero-order chi connectivity index (χ0) is 29.0. The van der Waals surface area contributed by atoms with E-state index in [1.54, 1.807) is 7.05 Å². The molecule has 1 saturated heterocycles. The van der Waals surface area contributed by atoms with Crippen LogP contribution < -0.4 is 0 Å². The van der Waals surface area contributed by atoms with Crippen LogP contribution in [-0.4, -0.2) is 72.0 Å². The molecule has 1 fully saturated rings. The molecule has 0 aromatic rings. The lowest BCUT2D eigenvalue weighted by molar-refractivity contribution is -0.187. The van der Waals surface area contributed by atoms with Crippen LogP contribution in [0.4, 0.5) is 0 Å². The van der Waals surface area contributed by atoms with Crippen molar-refractivity contribution in [2.45, 2.75) is 161 Å². The van der Waals surface area contributed by atoms with Crippen molar-refractivity contribution in [2.75, 3.05) is 14.2 Å². The molecule has 1 rings (SSSR count). The van der Waals surface area contributed by atoms with Gasteiger partial charge in [0, 0.05) is 13.2 Å². The van der Waals surface area contributed by atoms with Crippen molar-refractivity contribution >= 4 is 22.5 Å². The van der Waals surface area contributed by atoms with Gasteiger partial charge in [0.15, 0.2) is 28.5 Å². The van der Waals surface area contributed by atoms with E-state index in [1.165, 1.54) is 12.2 Å². The molecule has 0 saturated carbocycles. The summed E-state index contributed by atoms with van der Waals surface area (Å²) >= 11 is 0. The molecule has 1 heterocycles. The first kappa shape index (κ1) is 34.7. The molecule has 9 heteroatoms. The number of ether oxygens (including phenoxy) is 2. The third-order valence-corrected chi connectivity index (χ3v) is 17.6.